The van der Waals surface area contributed by atoms with Crippen LogP contribution in [-0.4, -0.2) is 8.42 Å². The van der Waals surface area contributed by atoms with Gasteiger partial charge in [-0.05, 0) is 24.3 Å². The van der Waals surface area contributed by atoms with Gasteiger partial charge in [0.25, 0.3) is 10.0 Å². The first-order valence-electron chi connectivity index (χ1n) is 5.68. The van der Waals surface area contributed by atoms with Crippen LogP contribution in [0.1, 0.15) is 5.56 Å². The van der Waals surface area contributed by atoms with Gasteiger partial charge in [0, 0.05) is 11.3 Å². The molecule has 0 spiro atoms. The minimum atomic E-state index is -3.78. The van der Waals surface area contributed by atoms with Gasteiger partial charge in [-0.2, -0.15) is 0 Å². The van der Waals surface area contributed by atoms with Crippen molar-refractivity contribution >= 4 is 21.8 Å². The van der Waals surface area contributed by atoms with E-state index in [2.05, 4.69) is 4.72 Å². The van der Waals surface area contributed by atoms with Crippen LogP contribution in [0.5, 0.6) is 0 Å². The zero-order chi connectivity index (χ0) is 14.6. The van der Waals surface area contributed by atoms with Crippen LogP contribution in [0.4, 0.5) is 14.5 Å². The molecule has 0 aliphatic rings. The first kappa shape index (κ1) is 14.2. The van der Waals surface area contributed by atoms with Crippen molar-refractivity contribution in [2.75, 3.05) is 4.72 Å². The third-order valence-corrected chi connectivity index (χ3v) is 3.46. The summed E-state index contributed by atoms with van der Waals surface area (Å²) < 4.78 is 52.1. The van der Waals surface area contributed by atoms with Gasteiger partial charge in [-0.1, -0.05) is 30.3 Å². The van der Waals surface area contributed by atoms with Crippen molar-refractivity contribution in [3.63, 3.8) is 0 Å². The number of nitrogens with one attached hydrogen (secondary N) is 1. The monoisotopic (exact) mass is 295 g/mol. The number of rotatable bonds is 4. The van der Waals surface area contributed by atoms with Crippen molar-refractivity contribution in [3.8, 4) is 0 Å². The smallest absolute Gasteiger partial charge is 0.255 e. The molecule has 0 saturated carbocycles. The number of benzene rings is 2. The highest BCUT2D eigenvalue weighted by Crippen LogP contribution is 2.14. The maximum atomic E-state index is 13.4. The number of para-hydroxylation sites is 1. The average Bonchev–Trinajstić information content (AvgIpc) is 2.41. The fourth-order valence-electron chi connectivity index (χ4n) is 1.52. The third kappa shape index (κ3) is 3.64. The fraction of sp³-hybridized carbons (Fsp3) is 0. The lowest BCUT2D eigenvalue weighted by Crippen LogP contribution is -2.08. The summed E-state index contributed by atoms with van der Waals surface area (Å²) in [6, 6.07) is 11.8. The molecule has 2 aromatic rings. The van der Waals surface area contributed by atoms with Crippen molar-refractivity contribution in [1.82, 2.24) is 0 Å². The van der Waals surface area contributed by atoms with Gasteiger partial charge >= 0.3 is 0 Å². The fourth-order valence-corrected chi connectivity index (χ4v) is 2.37. The van der Waals surface area contributed by atoms with Gasteiger partial charge in [-0.3, -0.25) is 4.72 Å². The maximum Gasteiger partial charge on any atom is 0.255 e. The van der Waals surface area contributed by atoms with Crippen LogP contribution in [0.15, 0.2) is 53.9 Å². The Bertz CT molecular complexity index is 728. The van der Waals surface area contributed by atoms with Gasteiger partial charge in [0.05, 0.1) is 5.41 Å². The van der Waals surface area contributed by atoms with Crippen LogP contribution in [0.2, 0.25) is 0 Å². The molecule has 0 heterocycles. The third-order valence-electron chi connectivity index (χ3n) is 2.44. The van der Waals surface area contributed by atoms with E-state index in [9.17, 15) is 17.2 Å². The molecule has 0 aliphatic carbocycles. The Hall–Kier alpha value is -2.21. The molecule has 0 unspecified atom stereocenters. The summed E-state index contributed by atoms with van der Waals surface area (Å²) in [4.78, 5) is 0. The van der Waals surface area contributed by atoms with E-state index < -0.39 is 21.7 Å². The summed E-state index contributed by atoms with van der Waals surface area (Å²) in [7, 11) is -3.78. The number of anilines is 1. The zero-order valence-corrected chi connectivity index (χ0v) is 11.1. The Morgan fingerprint density at radius 2 is 1.65 bits per heavy atom. The van der Waals surface area contributed by atoms with Gasteiger partial charge < -0.3 is 0 Å². The van der Waals surface area contributed by atoms with Crippen molar-refractivity contribution in [2.24, 2.45) is 0 Å². The van der Waals surface area contributed by atoms with Crippen molar-refractivity contribution in [1.29, 1.82) is 0 Å². The highest BCUT2D eigenvalue weighted by molar-refractivity contribution is 7.95. The van der Waals surface area contributed by atoms with Gasteiger partial charge in [0.1, 0.15) is 0 Å². The van der Waals surface area contributed by atoms with E-state index in [1.165, 1.54) is 12.1 Å². The lowest BCUT2D eigenvalue weighted by atomic mass is 10.2. The molecule has 0 bridgehead atoms. The Labute approximate surface area is 115 Å². The van der Waals surface area contributed by atoms with Gasteiger partial charge in [0.15, 0.2) is 11.6 Å². The highest BCUT2D eigenvalue weighted by atomic mass is 32.2. The molecular weight excluding hydrogens is 284 g/mol. The van der Waals surface area contributed by atoms with Crippen LogP contribution in [0.25, 0.3) is 6.08 Å². The second kappa shape index (κ2) is 5.83. The molecule has 104 valence electrons. The predicted octanol–water partition coefficient (Wildman–Crippen LogP) is 3.38. The highest BCUT2D eigenvalue weighted by Gasteiger charge is 2.08. The van der Waals surface area contributed by atoms with Crippen LogP contribution >= 0.6 is 0 Å². The summed E-state index contributed by atoms with van der Waals surface area (Å²) in [6.45, 7) is 0. The van der Waals surface area contributed by atoms with E-state index in [4.69, 9.17) is 0 Å². The van der Waals surface area contributed by atoms with Crippen LogP contribution in [-0.2, 0) is 10.0 Å². The number of hydrogen-bond donors (Lipinski definition) is 1. The predicted molar refractivity (Wildman–Crippen MR) is 74.4 cm³/mol. The molecular formula is C14H11F2NO2S. The summed E-state index contributed by atoms with van der Waals surface area (Å²) in [6.07, 6.45) is 1.00. The van der Waals surface area contributed by atoms with E-state index in [0.29, 0.717) is 5.69 Å². The Morgan fingerprint density at radius 3 is 2.35 bits per heavy atom. The molecule has 0 fully saturated rings. The summed E-state index contributed by atoms with van der Waals surface area (Å²) in [5.41, 5.74) is 0.250. The number of halogens is 2. The summed E-state index contributed by atoms with van der Waals surface area (Å²) in [5, 5.41) is 0.790. The van der Waals surface area contributed by atoms with E-state index >= 15 is 0 Å². The largest absolute Gasteiger partial charge is 0.280 e. The molecule has 6 heteroatoms. The minimum absolute atomic E-state index is 0.136. The maximum absolute atomic E-state index is 13.4. The molecule has 0 saturated heterocycles. The topological polar surface area (TPSA) is 46.2 Å². The number of sulfonamides is 1. The Kier molecular flexibility index (Phi) is 4.14. The van der Waals surface area contributed by atoms with E-state index in [1.54, 1.807) is 30.3 Å². The van der Waals surface area contributed by atoms with E-state index in [0.717, 1.165) is 17.6 Å². The number of hydrogen-bond acceptors (Lipinski definition) is 2. The molecule has 0 radical (unpaired) electrons. The first-order chi connectivity index (χ1) is 9.48. The minimum Gasteiger partial charge on any atom is -0.280 e. The second-order valence-electron chi connectivity index (χ2n) is 3.96. The van der Waals surface area contributed by atoms with Gasteiger partial charge in [0.2, 0.25) is 0 Å². The molecule has 2 rings (SSSR count). The van der Waals surface area contributed by atoms with Crippen LogP contribution in [0, 0.1) is 11.6 Å². The normalized spacial score (nSPS) is 11.7. The molecule has 0 amide bonds. The molecule has 20 heavy (non-hydrogen) atoms. The van der Waals surface area contributed by atoms with Crippen LogP contribution < -0.4 is 4.72 Å². The Balaban J connectivity index is 2.20. The molecule has 0 atom stereocenters. The summed E-state index contributed by atoms with van der Waals surface area (Å²) in [5.74, 6) is -2.11. The van der Waals surface area contributed by atoms with Gasteiger partial charge in [-0.25, -0.2) is 17.2 Å². The SMILES string of the molecule is O=S(=O)(/C=C/c1cccc(F)c1F)Nc1ccccc1. The zero-order valence-electron chi connectivity index (χ0n) is 10.3. The standard InChI is InChI=1S/C14H11F2NO2S/c15-13-8-4-5-11(14(13)16)9-10-20(18,19)17-12-6-2-1-3-7-12/h1-10,17H/b10-9+. The lowest BCUT2D eigenvalue weighted by Gasteiger charge is -2.03. The molecule has 1 N–H and O–H groups in total. The lowest BCUT2D eigenvalue weighted by molar-refractivity contribution is 0.507. The average molecular weight is 295 g/mol. The molecule has 0 aliphatic heterocycles. The summed E-state index contributed by atoms with van der Waals surface area (Å²) >= 11 is 0. The molecule has 3 nitrogen and oxygen atoms in total. The van der Waals surface area contributed by atoms with E-state index in [1.807, 2.05) is 0 Å². The van der Waals surface area contributed by atoms with Crippen LogP contribution in [0.3, 0.4) is 0 Å². The van der Waals surface area contributed by atoms with Gasteiger partial charge in [-0.15, -0.1) is 0 Å². The first-order valence-corrected chi connectivity index (χ1v) is 7.22. The van der Waals surface area contributed by atoms with Crippen molar-refractivity contribution < 1.29 is 17.2 Å². The molecule has 2 aromatic carbocycles. The Morgan fingerprint density at radius 1 is 0.950 bits per heavy atom. The van der Waals surface area contributed by atoms with Crippen molar-refractivity contribution in [3.05, 3.63) is 71.1 Å². The van der Waals surface area contributed by atoms with E-state index in [-0.39, 0.29) is 5.56 Å². The molecule has 0 aromatic heterocycles. The quantitative estimate of drug-likeness (QED) is 0.940. The van der Waals surface area contributed by atoms with Crippen molar-refractivity contribution in [2.45, 2.75) is 0 Å². The second-order valence-corrected chi connectivity index (χ2v) is 5.53.